The molecule has 0 saturated carbocycles. The Morgan fingerprint density at radius 3 is 2.56 bits per heavy atom. The Hall–Kier alpha value is -3.50. The summed E-state index contributed by atoms with van der Waals surface area (Å²) in [5, 5.41) is 15.8. The minimum atomic E-state index is -1.13. The van der Waals surface area contributed by atoms with Crippen molar-refractivity contribution in [2.45, 2.75) is 26.3 Å². The van der Waals surface area contributed by atoms with Gasteiger partial charge < -0.3 is 15.4 Å². The van der Waals surface area contributed by atoms with Gasteiger partial charge >= 0.3 is 12.0 Å². The SMILES string of the molecule is Cc1cccc([N+](=O)[O-])c1NC(=O)COC(=O)CN1C(=O)NC(C)(C)C1=O. The van der Waals surface area contributed by atoms with Gasteiger partial charge in [0.1, 0.15) is 17.8 Å². The molecule has 4 amide bonds. The van der Waals surface area contributed by atoms with E-state index in [1.165, 1.54) is 26.0 Å². The fourth-order valence-electron chi connectivity index (χ4n) is 2.42. The maximum absolute atomic E-state index is 12.0. The zero-order valence-corrected chi connectivity index (χ0v) is 14.9. The molecule has 1 aliphatic heterocycles. The van der Waals surface area contributed by atoms with Gasteiger partial charge in [-0.05, 0) is 26.3 Å². The number of hydrogen-bond donors (Lipinski definition) is 2. The van der Waals surface area contributed by atoms with Crippen molar-refractivity contribution >= 4 is 35.2 Å². The predicted octanol–water partition coefficient (Wildman–Crippen LogP) is 0.715. The summed E-state index contributed by atoms with van der Waals surface area (Å²) in [7, 11) is 0. The number of nitro benzene ring substituents is 1. The van der Waals surface area contributed by atoms with E-state index in [-0.39, 0.29) is 11.4 Å². The monoisotopic (exact) mass is 378 g/mol. The molecule has 0 bridgehead atoms. The van der Waals surface area contributed by atoms with Crippen molar-refractivity contribution in [1.82, 2.24) is 10.2 Å². The van der Waals surface area contributed by atoms with E-state index in [4.69, 9.17) is 4.74 Å². The highest BCUT2D eigenvalue weighted by molar-refractivity contribution is 6.08. The van der Waals surface area contributed by atoms with Crippen LogP contribution in [0.15, 0.2) is 18.2 Å². The lowest BCUT2D eigenvalue weighted by molar-refractivity contribution is -0.384. The third kappa shape index (κ3) is 4.37. The van der Waals surface area contributed by atoms with Crippen molar-refractivity contribution in [1.29, 1.82) is 0 Å². The number of anilines is 1. The zero-order chi connectivity index (χ0) is 20.4. The Morgan fingerprint density at radius 2 is 2.00 bits per heavy atom. The quantitative estimate of drug-likeness (QED) is 0.320. The summed E-state index contributed by atoms with van der Waals surface area (Å²) < 4.78 is 4.75. The topological polar surface area (TPSA) is 148 Å². The second-order valence-corrected chi connectivity index (χ2v) is 6.38. The summed E-state index contributed by atoms with van der Waals surface area (Å²) in [4.78, 5) is 58.5. The number of nitrogens with one attached hydrogen (secondary N) is 2. The number of amides is 4. The summed E-state index contributed by atoms with van der Waals surface area (Å²) in [6.45, 7) is 3.18. The third-order valence-electron chi connectivity index (χ3n) is 3.81. The smallest absolute Gasteiger partial charge is 0.326 e. The van der Waals surface area contributed by atoms with Gasteiger partial charge in [-0.25, -0.2) is 4.79 Å². The van der Waals surface area contributed by atoms with Crippen LogP contribution in [0.4, 0.5) is 16.2 Å². The fraction of sp³-hybridized carbons (Fsp3) is 0.375. The van der Waals surface area contributed by atoms with Gasteiger partial charge in [-0.15, -0.1) is 0 Å². The van der Waals surface area contributed by atoms with E-state index in [2.05, 4.69) is 10.6 Å². The maximum atomic E-state index is 12.0. The molecule has 1 saturated heterocycles. The Kier molecular flexibility index (Phi) is 5.43. The van der Waals surface area contributed by atoms with Crippen LogP contribution in [-0.2, 0) is 19.1 Å². The summed E-state index contributed by atoms with van der Waals surface area (Å²) in [5.74, 6) is -2.35. The van der Waals surface area contributed by atoms with E-state index >= 15 is 0 Å². The second-order valence-electron chi connectivity index (χ2n) is 6.38. The lowest BCUT2D eigenvalue weighted by Gasteiger charge is -2.15. The van der Waals surface area contributed by atoms with Gasteiger partial charge in [0.15, 0.2) is 6.61 Å². The summed E-state index contributed by atoms with van der Waals surface area (Å²) >= 11 is 0. The molecule has 1 aromatic rings. The lowest BCUT2D eigenvalue weighted by Crippen LogP contribution is -2.41. The van der Waals surface area contributed by atoms with Crippen LogP contribution in [0.2, 0.25) is 0 Å². The third-order valence-corrected chi connectivity index (χ3v) is 3.81. The number of nitro groups is 1. The molecule has 0 spiro atoms. The van der Waals surface area contributed by atoms with Gasteiger partial charge in [-0.2, -0.15) is 0 Å². The molecule has 1 aromatic carbocycles. The van der Waals surface area contributed by atoms with Crippen LogP contribution in [0, 0.1) is 17.0 Å². The number of benzene rings is 1. The van der Waals surface area contributed by atoms with Gasteiger partial charge in [0, 0.05) is 6.07 Å². The largest absolute Gasteiger partial charge is 0.454 e. The number of urea groups is 1. The van der Waals surface area contributed by atoms with Crippen LogP contribution in [0.3, 0.4) is 0 Å². The zero-order valence-electron chi connectivity index (χ0n) is 14.9. The number of hydrogen-bond acceptors (Lipinski definition) is 7. The highest BCUT2D eigenvalue weighted by Gasteiger charge is 2.45. The average Bonchev–Trinajstić information content (AvgIpc) is 2.76. The van der Waals surface area contributed by atoms with Crippen molar-refractivity contribution in [3.63, 3.8) is 0 Å². The predicted molar refractivity (Wildman–Crippen MR) is 91.7 cm³/mol. The minimum absolute atomic E-state index is 0.000558. The van der Waals surface area contributed by atoms with Crippen molar-refractivity contribution in [3.05, 3.63) is 33.9 Å². The first-order chi connectivity index (χ1) is 12.5. The molecule has 0 atom stereocenters. The number of rotatable bonds is 6. The number of para-hydroxylation sites is 1. The standard InChI is InChI=1S/C16H18N4O7/c1-9-5-4-6-10(20(25)26)13(9)17-11(21)8-27-12(22)7-19-14(23)16(2,3)18-15(19)24/h4-6H,7-8H2,1-3H3,(H,17,21)(H,18,24). The Morgan fingerprint density at radius 1 is 1.33 bits per heavy atom. The first-order valence-electron chi connectivity index (χ1n) is 7.86. The van der Waals surface area contributed by atoms with Crippen molar-refractivity contribution in [3.8, 4) is 0 Å². The van der Waals surface area contributed by atoms with Crippen molar-refractivity contribution in [2.75, 3.05) is 18.5 Å². The molecule has 1 aliphatic rings. The molecule has 11 nitrogen and oxygen atoms in total. The van der Waals surface area contributed by atoms with Gasteiger partial charge in [0.25, 0.3) is 17.5 Å². The van der Waals surface area contributed by atoms with Crippen molar-refractivity contribution < 1.29 is 28.8 Å². The van der Waals surface area contributed by atoms with Gasteiger partial charge in [0.05, 0.1) is 4.92 Å². The highest BCUT2D eigenvalue weighted by atomic mass is 16.6. The molecule has 0 unspecified atom stereocenters. The molecule has 0 aliphatic carbocycles. The Bertz CT molecular complexity index is 834. The summed E-state index contributed by atoms with van der Waals surface area (Å²) in [6.07, 6.45) is 0. The van der Waals surface area contributed by atoms with Crippen LogP contribution in [0.5, 0.6) is 0 Å². The molecule has 0 aromatic heterocycles. The number of nitrogens with zero attached hydrogens (tertiary/aromatic N) is 2. The van der Waals surface area contributed by atoms with E-state index in [1.54, 1.807) is 13.0 Å². The average molecular weight is 378 g/mol. The van der Waals surface area contributed by atoms with Crippen molar-refractivity contribution in [2.24, 2.45) is 0 Å². The Balaban J connectivity index is 1.93. The molecular weight excluding hydrogens is 360 g/mol. The lowest BCUT2D eigenvalue weighted by atomic mass is 10.1. The number of carbonyl (C=O) groups is 4. The van der Waals surface area contributed by atoms with E-state index in [1.807, 2.05) is 0 Å². The number of aryl methyl sites for hydroxylation is 1. The normalized spacial score (nSPS) is 15.3. The number of esters is 1. The molecule has 0 radical (unpaired) electrons. The molecular formula is C16H18N4O7. The van der Waals surface area contributed by atoms with Crippen LogP contribution in [0.1, 0.15) is 19.4 Å². The number of imide groups is 1. The Labute approximate surface area is 153 Å². The maximum Gasteiger partial charge on any atom is 0.326 e. The summed E-state index contributed by atoms with van der Waals surface area (Å²) in [6, 6.07) is 3.55. The molecule has 1 heterocycles. The van der Waals surface area contributed by atoms with E-state index in [0.29, 0.717) is 10.5 Å². The highest BCUT2D eigenvalue weighted by Crippen LogP contribution is 2.27. The second kappa shape index (κ2) is 7.40. The van der Waals surface area contributed by atoms with Gasteiger partial charge in [0.2, 0.25) is 0 Å². The first kappa shape index (κ1) is 19.8. The van der Waals surface area contributed by atoms with Crippen LogP contribution < -0.4 is 10.6 Å². The van der Waals surface area contributed by atoms with Gasteiger partial charge in [-0.1, -0.05) is 12.1 Å². The molecule has 27 heavy (non-hydrogen) atoms. The fourth-order valence-corrected chi connectivity index (χ4v) is 2.42. The molecule has 11 heteroatoms. The number of ether oxygens (including phenoxy) is 1. The van der Waals surface area contributed by atoms with Crippen LogP contribution >= 0.6 is 0 Å². The van der Waals surface area contributed by atoms with Crippen LogP contribution in [-0.4, -0.2) is 52.3 Å². The molecule has 144 valence electrons. The van der Waals surface area contributed by atoms with E-state index < -0.39 is 47.4 Å². The summed E-state index contributed by atoms with van der Waals surface area (Å²) in [5.41, 5.74) is -0.959. The first-order valence-corrected chi connectivity index (χ1v) is 7.86. The minimum Gasteiger partial charge on any atom is -0.454 e. The molecule has 2 rings (SSSR count). The molecule has 2 N–H and O–H groups in total. The van der Waals surface area contributed by atoms with E-state index in [0.717, 1.165) is 0 Å². The molecule has 1 fully saturated rings. The van der Waals surface area contributed by atoms with E-state index in [9.17, 15) is 29.3 Å². The van der Waals surface area contributed by atoms with Gasteiger partial charge in [-0.3, -0.25) is 29.4 Å². The number of carbonyl (C=O) groups excluding carboxylic acids is 4. The van der Waals surface area contributed by atoms with Crippen LogP contribution in [0.25, 0.3) is 0 Å².